The fourth-order valence-electron chi connectivity index (χ4n) is 0.845. The van der Waals surface area contributed by atoms with Crippen molar-refractivity contribution in [2.75, 3.05) is 18.7 Å². The minimum Gasteiger partial charge on any atom is -0.379 e. The first-order valence-electron chi connectivity index (χ1n) is 4.74. The first-order chi connectivity index (χ1) is 6.02. The Bertz CT molecular complexity index is 128. The zero-order chi connectivity index (χ0) is 10.3. The Morgan fingerprint density at radius 1 is 1.46 bits per heavy atom. The van der Waals surface area contributed by atoms with E-state index in [1.807, 2.05) is 11.8 Å². The van der Waals surface area contributed by atoms with Crippen LogP contribution in [0.5, 0.6) is 0 Å². The molecule has 1 nitrogen and oxygen atoms in total. The molecule has 0 saturated carbocycles. The molecule has 0 spiro atoms. The average molecular weight is 225 g/mol. The van der Waals surface area contributed by atoms with Crippen molar-refractivity contribution in [3.8, 4) is 0 Å². The number of halogens is 1. The summed E-state index contributed by atoms with van der Waals surface area (Å²) < 4.78 is 5.34. The standard InChI is InChI=1S/C10H21ClOS/c1-9(5-7-11)13-8-6-10(2,3)12-4/h9H,5-8H2,1-4H3. The summed E-state index contributed by atoms with van der Waals surface area (Å²) in [5.74, 6) is 1.92. The molecule has 0 aliphatic carbocycles. The molecule has 0 aromatic carbocycles. The van der Waals surface area contributed by atoms with E-state index in [2.05, 4.69) is 20.8 Å². The van der Waals surface area contributed by atoms with E-state index in [1.165, 1.54) is 0 Å². The summed E-state index contributed by atoms with van der Waals surface area (Å²) >= 11 is 7.63. The van der Waals surface area contributed by atoms with Gasteiger partial charge in [-0.2, -0.15) is 11.8 Å². The van der Waals surface area contributed by atoms with Gasteiger partial charge in [-0.25, -0.2) is 0 Å². The van der Waals surface area contributed by atoms with Crippen LogP contribution in [0.25, 0.3) is 0 Å². The van der Waals surface area contributed by atoms with Gasteiger partial charge in [0.15, 0.2) is 0 Å². The molecule has 0 saturated heterocycles. The predicted octanol–water partition coefficient (Wildman–Crippen LogP) is 3.55. The molecule has 0 aliphatic rings. The maximum absolute atomic E-state index is 5.65. The molecule has 80 valence electrons. The third-order valence-corrected chi connectivity index (χ3v) is 3.64. The SMILES string of the molecule is COC(C)(C)CCSC(C)CCCl. The number of rotatable bonds is 7. The zero-order valence-electron chi connectivity index (χ0n) is 9.10. The van der Waals surface area contributed by atoms with Crippen molar-refractivity contribution in [1.82, 2.24) is 0 Å². The lowest BCUT2D eigenvalue weighted by Gasteiger charge is -2.23. The third kappa shape index (κ3) is 7.65. The lowest BCUT2D eigenvalue weighted by molar-refractivity contribution is 0.0206. The molecule has 0 rings (SSSR count). The van der Waals surface area contributed by atoms with E-state index in [-0.39, 0.29) is 5.60 Å². The number of hydrogen-bond donors (Lipinski definition) is 0. The monoisotopic (exact) mass is 224 g/mol. The Morgan fingerprint density at radius 2 is 2.08 bits per heavy atom. The molecule has 0 aromatic heterocycles. The smallest absolute Gasteiger partial charge is 0.0630 e. The molecule has 0 amide bonds. The summed E-state index contributed by atoms with van der Waals surface area (Å²) in [4.78, 5) is 0. The van der Waals surface area contributed by atoms with Crippen LogP contribution in [0.4, 0.5) is 0 Å². The van der Waals surface area contributed by atoms with Gasteiger partial charge in [0.05, 0.1) is 5.60 Å². The molecule has 1 unspecified atom stereocenters. The van der Waals surface area contributed by atoms with Crippen molar-refractivity contribution in [1.29, 1.82) is 0 Å². The minimum absolute atomic E-state index is 0.0215. The highest BCUT2D eigenvalue weighted by molar-refractivity contribution is 7.99. The van der Waals surface area contributed by atoms with Crippen LogP contribution in [0, 0.1) is 0 Å². The topological polar surface area (TPSA) is 9.23 Å². The van der Waals surface area contributed by atoms with Gasteiger partial charge in [0.2, 0.25) is 0 Å². The predicted molar refractivity (Wildman–Crippen MR) is 63.0 cm³/mol. The second-order valence-corrected chi connectivity index (χ2v) is 5.80. The fourth-order valence-corrected chi connectivity index (χ4v) is 2.60. The lowest BCUT2D eigenvalue weighted by Crippen LogP contribution is -2.23. The molecule has 0 bridgehead atoms. The highest BCUT2D eigenvalue weighted by Gasteiger charge is 2.16. The largest absolute Gasteiger partial charge is 0.379 e. The Labute approximate surface area is 91.6 Å². The first-order valence-corrected chi connectivity index (χ1v) is 6.33. The van der Waals surface area contributed by atoms with E-state index >= 15 is 0 Å². The fraction of sp³-hybridized carbons (Fsp3) is 1.00. The maximum atomic E-state index is 5.65. The molecule has 0 radical (unpaired) electrons. The van der Waals surface area contributed by atoms with Crippen molar-refractivity contribution >= 4 is 23.4 Å². The molecule has 1 atom stereocenters. The number of hydrogen-bond acceptors (Lipinski definition) is 2. The van der Waals surface area contributed by atoms with E-state index in [1.54, 1.807) is 7.11 Å². The van der Waals surface area contributed by atoms with Gasteiger partial charge >= 0.3 is 0 Å². The number of alkyl halides is 1. The van der Waals surface area contributed by atoms with Crippen LogP contribution in [0.1, 0.15) is 33.6 Å². The van der Waals surface area contributed by atoms with Gasteiger partial charge in [-0.1, -0.05) is 6.92 Å². The molecule has 0 aromatic rings. The molecule has 13 heavy (non-hydrogen) atoms. The van der Waals surface area contributed by atoms with Gasteiger partial charge in [-0.05, 0) is 32.4 Å². The van der Waals surface area contributed by atoms with Crippen LogP contribution in [0.3, 0.4) is 0 Å². The Hall–Kier alpha value is 0.600. The molecular weight excluding hydrogens is 204 g/mol. The lowest BCUT2D eigenvalue weighted by atomic mass is 10.1. The van der Waals surface area contributed by atoms with E-state index in [9.17, 15) is 0 Å². The summed E-state index contributed by atoms with van der Waals surface area (Å²) in [5, 5.41) is 0.671. The summed E-state index contributed by atoms with van der Waals surface area (Å²) in [6.07, 6.45) is 2.19. The number of ether oxygens (including phenoxy) is 1. The highest BCUT2D eigenvalue weighted by Crippen LogP contribution is 2.21. The van der Waals surface area contributed by atoms with Crippen LogP contribution in [-0.4, -0.2) is 29.6 Å². The number of thioether (sulfide) groups is 1. The Morgan fingerprint density at radius 3 is 2.54 bits per heavy atom. The molecule has 0 fully saturated rings. The normalized spacial score (nSPS) is 14.5. The average Bonchev–Trinajstić information content (AvgIpc) is 2.05. The van der Waals surface area contributed by atoms with Crippen LogP contribution >= 0.6 is 23.4 Å². The second-order valence-electron chi connectivity index (χ2n) is 3.87. The van der Waals surface area contributed by atoms with Crippen LogP contribution < -0.4 is 0 Å². The van der Waals surface area contributed by atoms with Crippen LogP contribution in [0.15, 0.2) is 0 Å². The van der Waals surface area contributed by atoms with Gasteiger partial charge in [0.1, 0.15) is 0 Å². The van der Waals surface area contributed by atoms with Crippen LogP contribution in [-0.2, 0) is 4.74 Å². The van der Waals surface area contributed by atoms with Gasteiger partial charge in [0, 0.05) is 18.2 Å². The number of methoxy groups -OCH3 is 1. The van der Waals surface area contributed by atoms with Crippen LogP contribution in [0.2, 0.25) is 0 Å². The van der Waals surface area contributed by atoms with Crippen molar-refractivity contribution in [3.05, 3.63) is 0 Å². The van der Waals surface area contributed by atoms with Gasteiger partial charge in [0.25, 0.3) is 0 Å². The van der Waals surface area contributed by atoms with E-state index in [0.29, 0.717) is 5.25 Å². The zero-order valence-corrected chi connectivity index (χ0v) is 10.7. The molecular formula is C10H21ClOS. The van der Waals surface area contributed by atoms with E-state index < -0.39 is 0 Å². The van der Waals surface area contributed by atoms with Gasteiger partial charge in [-0.3, -0.25) is 0 Å². The van der Waals surface area contributed by atoms with Crippen molar-refractivity contribution in [2.45, 2.75) is 44.5 Å². The summed E-state index contributed by atoms with van der Waals surface area (Å²) in [6, 6.07) is 0. The van der Waals surface area contributed by atoms with Crippen molar-refractivity contribution < 1.29 is 4.74 Å². The van der Waals surface area contributed by atoms with E-state index in [0.717, 1.165) is 24.5 Å². The molecule has 0 aliphatic heterocycles. The molecule has 3 heteroatoms. The summed E-state index contributed by atoms with van der Waals surface area (Å²) in [6.45, 7) is 6.48. The maximum Gasteiger partial charge on any atom is 0.0630 e. The summed E-state index contributed by atoms with van der Waals surface area (Å²) in [5.41, 5.74) is 0.0215. The minimum atomic E-state index is 0.0215. The third-order valence-electron chi connectivity index (χ3n) is 2.17. The van der Waals surface area contributed by atoms with Gasteiger partial charge in [-0.15, -0.1) is 11.6 Å². The quantitative estimate of drug-likeness (QED) is 0.612. The van der Waals surface area contributed by atoms with Crippen molar-refractivity contribution in [2.24, 2.45) is 0 Å². The molecule has 0 N–H and O–H groups in total. The van der Waals surface area contributed by atoms with Crippen molar-refractivity contribution in [3.63, 3.8) is 0 Å². The van der Waals surface area contributed by atoms with Gasteiger partial charge < -0.3 is 4.74 Å². The van der Waals surface area contributed by atoms with E-state index in [4.69, 9.17) is 16.3 Å². The highest BCUT2D eigenvalue weighted by atomic mass is 35.5. The summed E-state index contributed by atoms with van der Waals surface area (Å²) in [7, 11) is 1.77. The second kappa shape index (κ2) is 6.97. The first kappa shape index (κ1) is 13.6. The molecule has 0 heterocycles. The Kier molecular flexibility index (Phi) is 7.29. The Balaban J connectivity index is 3.44.